The highest BCUT2D eigenvalue weighted by atomic mass is 35.5. The highest BCUT2D eigenvalue weighted by Gasteiger charge is 2.23. The van der Waals surface area contributed by atoms with Crippen LogP contribution in [-0.4, -0.2) is 11.8 Å². The molecular formula is C21H26ClN3O2. The van der Waals surface area contributed by atoms with E-state index in [2.05, 4.69) is 28.1 Å². The number of anilines is 1. The fourth-order valence-corrected chi connectivity index (χ4v) is 2.84. The van der Waals surface area contributed by atoms with E-state index in [1.807, 2.05) is 32.9 Å². The Morgan fingerprint density at radius 3 is 2.48 bits per heavy atom. The van der Waals surface area contributed by atoms with Gasteiger partial charge in [0.05, 0.1) is 11.3 Å². The first-order valence-electron chi connectivity index (χ1n) is 8.84. The van der Waals surface area contributed by atoms with Crippen molar-refractivity contribution in [2.24, 2.45) is 5.41 Å². The highest BCUT2D eigenvalue weighted by molar-refractivity contribution is 6.04. The lowest BCUT2D eigenvalue weighted by atomic mass is 9.95. The van der Waals surface area contributed by atoms with Gasteiger partial charge < -0.3 is 16.0 Å². The summed E-state index contributed by atoms with van der Waals surface area (Å²) in [5.41, 5.74) is 4.14. The van der Waals surface area contributed by atoms with Crippen LogP contribution in [0.25, 0.3) is 0 Å². The summed E-state index contributed by atoms with van der Waals surface area (Å²) in [5, 5.41) is 9.12. The zero-order valence-corrected chi connectivity index (χ0v) is 16.7. The van der Waals surface area contributed by atoms with Crippen LogP contribution in [0.5, 0.6) is 0 Å². The predicted molar refractivity (Wildman–Crippen MR) is 110 cm³/mol. The van der Waals surface area contributed by atoms with Crippen molar-refractivity contribution < 1.29 is 9.59 Å². The lowest BCUT2D eigenvalue weighted by molar-refractivity contribution is -0.123. The van der Waals surface area contributed by atoms with Crippen molar-refractivity contribution in [2.75, 3.05) is 5.32 Å². The molecule has 2 aromatic rings. The molecule has 0 saturated heterocycles. The topological polar surface area (TPSA) is 70.2 Å². The van der Waals surface area contributed by atoms with Crippen LogP contribution in [-0.2, 0) is 24.4 Å². The summed E-state index contributed by atoms with van der Waals surface area (Å²) in [4.78, 5) is 24.9. The summed E-state index contributed by atoms with van der Waals surface area (Å²) in [5.74, 6) is -0.322. The third kappa shape index (κ3) is 5.08. The average molecular weight is 388 g/mol. The second-order valence-corrected chi connectivity index (χ2v) is 7.64. The Balaban J connectivity index is 0.00000261. The minimum Gasteiger partial charge on any atom is -0.348 e. The number of carbonyl (C=O) groups is 2. The van der Waals surface area contributed by atoms with Crippen molar-refractivity contribution in [1.29, 1.82) is 0 Å². The van der Waals surface area contributed by atoms with E-state index in [9.17, 15) is 9.59 Å². The number of hydrogen-bond acceptors (Lipinski definition) is 3. The SMILES string of the molecule is CC(C)(C)C(=O)Nc1ccccc1C(=O)NCc1ccc2c(c1)CNC2.Cl. The number of carbonyl (C=O) groups excluding carboxylic acids is 2. The number of fused-ring (bicyclic) bond motifs is 1. The number of hydrogen-bond donors (Lipinski definition) is 3. The van der Waals surface area contributed by atoms with Gasteiger partial charge in [0.15, 0.2) is 0 Å². The Morgan fingerprint density at radius 1 is 1.04 bits per heavy atom. The molecule has 3 N–H and O–H groups in total. The van der Waals surface area contributed by atoms with E-state index < -0.39 is 5.41 Å². The normalized spacial score (nSPS) is 12.7. The number of halogens is 1. The fourth-order valence-electron chi connectivity index (χ4n) is 2.84. The Morgan fingerprint density at radius 2 is 1.74 bits per heavy atom. The summed E-state index contributed by atoms with van der Waals surface area (Å²) in [7, 11) is 0. The summed E-state index contributed by atoms with van der Waals surface area (Å²) in [6, 6.07) is 13.3. The molecule has 5 nitrogen and oxygen atoms in total. The molecule has 0 bridgehead atoms. The van der Waals surface area contributed by atoms with Crippen LogP contribution in [0.2, 0.25) is 0 Å². The Bertz CT molecular complexity index is 844. The maximum Gasteiger partial charge on any atom is 0.253 e. The van der Waals surface area contributed by atoms with Crippen LogP contribution in [0.3, 0.4) is 0 Å². The fraction of sp³-hybridized carbons (Fsp3) is 0.333. The third-order valence-electron chi connectivity index (χ3n) is 4.46. The molecule has 0 radical (unpaired) electrons. The molecule has 0 unspecified atom stereocenters. The molecule has 1 heterocycles. The van der Waals surface area contributed by atoms with Crippen molar-refractivity contribution in [2.45, 2.75) is 40.4 Å². The first kappa shape index (κ1) is 20.9. The molecule has 1 aliphatic heterocycles. The summed E-state index contributed by atoms with van der Waals surface area (Å²) in [6.07, 6.45) is 0. The second kappa shape index (κ2) is 8.55. The molecule has 1 aliphatic rings. The van der Waals surface area contributed by atoms with Gasteiger partial charge in [-0.3, -0.25) is 9.59 Å². The highest BCUT2D eigenvalue weighted by Crippen LogP contribution is 2.21. The maximum atomic E-state index is 12.6. The molecule has 27 heavy (non-hydrogen) atoms. The van der Waals surface area contributed by atoms with Gasteiger partial charge in [-0.1, -0.05) is 51.1 Å². The van der Waals surface area contributed by atoms with E-state index in [1.54, 1.807) is 18.2 Å². The third-order valence-corrected chi connectivity index (χ3v) is 4.46. The molecule has 0 atom stereocenters. The van der Waals surface area contributed by atoms with Crippen LogP contribution in [0.4, 0.5) is 5.69 Å². The summed E-state index contributed by atoms with van der Waals surface area (Å²) >= 11 is 0. The zero-order valence-electron chi connectivity index (χ0n) is 15.9. The van der Waals surface area contributed by atoms with E-state index in [0.717, 1.165) is 18.7 Å². The largest absolute Gasteiger partial charge is 0.348 e. The van der Waals surface area contributed by atoms with Crippen molar-refractivity contribution in [1.82, 2.24) is 10.6 Å². The molecule has 0 saturated carbocycles. The van der Waals surface area contributed by atoms with Gasteiger partial charge in [-0.25, -0.2) is 0 Å². The van der Waals surface area contributed by atoms with Gasteiger partial charge in [0.2, 0.25) is 5.91 Å². The van der Waals surface area contributed by atoms with Gasteiger partial charge in [-0.15, -0.1) is 12.4 Å². The number of nitrogens with one attached hydrogen (secondary N) is 3. The molecule has 0 spiro atoms. The molecule has 0 aliphatic carbocycles. The minimum atomic E-state index is -0.526. The lowest BCUT2D eigenvalue weighted by Crippen LogP contribution is -2.30. The molecular weight excluding hydrogens is 362 g/mol. The quantitative estimate of drug-likeness (QED) is 0.750. The van der Waals surface area contributed by atoms with E-state index in [-0.39, 0.29) is 24.2 Å². The van der Waals surface area contributed by atoms with Gasteiger partial charge in [0.25, 0.3) is 5.91 Å². The Hall–Kier alpha value is -2.37. The lowest BCUT2D eigenvalue weighted by Gasteiger charge is -2.19. The molecule has 6 heteroatoms. The predicted octanol–water partition coefficient (Wildman–Crippen LogP) is 3.63. The molecule has 0 fully saturated rings. The standard InChI is InChI=1S/C21H25N3O2.ClH/c1-21(2,3)20(26)24-18-7-5-4-6-17(18)19(25)23-11-14-8-9-15-12-22-13-16(15)10-14;/h4-10,22H,11-13H2,1-3H3,(H,23,25)(H,24,26);1H. The van der Waals surface area contributed by atoms with Crippen molar-refractivity contribution in [3.63, 3.8) is 0 Å². The minimum absolute atomic E-state index is 0. The first-order chi connectivity index (χ1) is 12.3. The van der Waals surface area contributed by atoms with Crippen molar-refractivity contribution in [3.8, 4) is 0 Å². The Labute approximate surface area is 166 Å². The molecule has 3 rings (SSSR count). The number of amides is 2. The van der Waals surface area contributed by atoms with Crippen LogP contribution >= 0.6 is 12.4 Å². The van der Waals surface area contributed by atoms with Crippen molar-refractivity contribution >= 4 is 29.9 Å². The summed E-state index contributed by atoms with van der Waals surface area (Å²) < 4.78 is 0. The maximum absolute atomic E-state index is 12.6. The number of para-hydroxylation sites is 1. The van der Waals surface area contributed by atoms with Gasteiger partial charge >= 0.3 is 0 Å². The average Bonchev–Trinajstić information content (AvgIpc) is 3.07. The first-order valence-corrected chi connectivity index (χ1v) is 8.84. The summed E-state index contributed by atoms with van der Waals surface area (Å²) in [6.45, 7) is 7.75. The zero-order chi connectivity index (χ0) is 18.7. The molecule has 144 valence electrons. The van der Waals surface area contributed by atoms with Gasteiger partial charge in [-0.2, -0.15) is 0 Å². The van der Waals surface area contributed by atoms with Gasteiger partial charge in [0.1, 0.15) is 0 Å². The second-order valence-electron chi connectivity index (χ2n) is 7.64. The van der Waals surface area contributed by atoms with Crippen molar-refractivity contribution in [3.05, 3.63) is 64.7 Å². The monoisotopic (exact) mass is 387 g/mol. The van der Waals surface area contributed by atoms with E-state index in [0.29, 0.717) is 17.8 Å². The van der Waals surface area contributed by atoms with E-state index >= 15 is 0 Å². The smallest absolute Gasteiger partial charge is 0.253 e. The number of rotatable bonds is 4. The molecule has 0 aromatic heterocycles. The number of benzene rings is 2. The van der Waals surface area contributed by atoms with Gasteiger partial charge in [-0.05, 0) is 28.8 Å². The van der Waals surface area contributed by atoms with Crippen LogP contribution in [0.15, 0.2) is 42.5 Å². The molecule has 2 amide bonds. The molecule has 2 aromatic carbocycles. The van der Waals surface area contributed by atoms with Crippen LogP contribution in [0.1, 0.15) is 47.8 Å². The van der Waals surface area contributed by atoms with Crippen LogP contribution < -0.4 is 16.0 Å². The van der Waals surface area contributed by atoms with E-state index in [1.165, 1.54) is 11.1 Å². The van der Waals surface area contributed by atoms with E-state index in [4.69, 9.17) is 0 Å². The Kier molecular flexibility index (Phi) is 6.63. The van der Waals surface area contributed by atoms with Crippen LogP contribution in [0, 0.1) is 5.41 Å². The van der Waals surface area contributed by atoms with Gasteiger partial charge in [0, 0.05) is 25.0 Å².